The zero-order valence-corrected chi connectivity index (χ0v) is 23.5. The van der Waals surface area contributed by atoms with E-state index in [1.807, 2.05) is 0 Å². The topological polar surface area (TPSA) is 17.1 Å². The van der Waals surface area contributed by atoms with Gasteiger partial charge >= 0.3 is 0 Å². The Morgan fingerprint density at radius 2 is 1.50 bits per heavy atom. The minimum absolute atomic E-state index is 0.373. The van der Waals surface area contributed by atoms with Gasteiger partial charge in [-0.1, -0.05) is 67.0 Å². The van der Waals surface area contributed by atoms with Crippen LogP contribution in [0.1, 0.15) is 114 Å². The highest BCUT2D eigenvalue weighted by Gasteiger charge is 2.43. The molecule has 10 unspecified atom stereocenters. The maximum Gasteiger partial charge on any atom is 0.163 e. The second kappa shape index (κ2) is 10.5. The molecule has 3 aliphatic rings. The third kappa shape index (κ3) is 4.92. The normalized spacial score (nSPS) is 40.8. The maximum atomic E-state index is 12.5. The van der Waals surface area contributed by atoms with Crippen molar-refractivity contribution < 1.29 is 4.79 Å². The summed E-state index contributed by atoms with van der Waals surface area (Å²) in [5.41, 5.74) is 5.13. The van der Waals surface area contributed by atoms with Gasteiger partial charge in [0.15, 0.2) is 5.78 Å². The molecule has 1 heteroatoms. The molecule has 3 aliphatic carbocycles. The highest BCUT2D eigenvalue weighted by Crippen LogP contribution is 2.51. The van der Waals surface area contributed by atoms with Crippen LogP contribution in [0.5, 0.6) is 0 Å². The van der Waals surface area contributed by atoms with Crippen LogP contribution in [0.2, 0.25) is 0 Å². The Bertz CT molecular complexity index is 868. The molecule has 10 atom stereocenters. The van der Waals surface area contributed by atoms with Gasteiger partial charge in [-0.3, -0.25) is 4.79 Å². The molecule has 0 N–H and O–H groups in total. The molecule has 0 amide bonds. The second-order valence-electron chi connectivity index (χ2n) is 13.3. The van der Waals surface area contributed by atoms with Crippen LogP contribution in [0.3, 0.4) is 0 Å². The molecule has 0 bridgehead atoms. The minimum atomic E-state index is 0.373. The van der Waals surface area contributed by atoms with Crippen LogP contribution in [-0.4, -0.2) is 5.78 Å². The quantitative estimate of drug-likeness (QED) is 0.425. The van der Waals surface area contributed by atoms with Crippen molar-refractivity contribution in [2.75, 3.05) is 0 Å². The second-order valence-corrected chi connectivity index (χ2v) is 13.3. The molecule has 0 heterocycles. The number of hydrogen-bond donors (Lipinski definition) is 0. The van der Waals surface area contributed by atoms with Crippen molar-refractivity contribution in [3.63, 3.8) is 0 Å². The number of rotatable bonds is 5. The van der Waals surface area contributed by atoms with E-state index >= 15 is 0 Å². The lowest BCUT2D eigenvalue weighted by molar-refractivity contribution is 0.00231. The average molecular weight is 465 g/mol. The molecular formula is C33H52O. The van der Waals surface area contributed by atoms with Crippen LogP contribution in [0, 0.1) is 66.1 Å². The van der Waals surface area contributed by atoms with E-state index in [4.69, 9.17) is 0 Å². The van der Waals surface area contributed by atoms with Crippen molar-refractivity contribution in [3.05, 3.63) is 34.4 Å². The number of carbonyl (C=O) groups is 1. The van der Waals surface area contributed by atoms with Crippen molar-refractivity contribution in [2.45, 2.75) is 107 Å². The summed E-state index contributed by atoms with van der Waals surface area (Å²) >= 11 is 0. The van der Waals surface area contributed by atoms with Gasteiger partial charge in [0.1, 0.15) is 0 Å². The summed E-state index contributed by atoms with van der Waals surface area (Å²) in [5.74, 6) is 8.76. The smallest absolute Gasteiger partial charge is 0.163 e. The third-order valence-electron chi connectivity index (χ3n) is 11.6. The zero-order chi connectivity index (χ0) is 24.7. The Kier molecular flexibility index (Phi) is 8.00. The first-order valence-electron chi connectivity index (χ1n) is 14.8. The lowest BCUT2D eigenvalue weighted by atomic mass is 9.56. The highest BCUT2D eigenvalue weighted by molar-refractivity contribution is 5.99. The van der Waals surface area contributed by atoms with Crippen LogP contribution in [0.15, 0.2) is 12.1 Å². The van der Waals surface area contributed by atoms with Gasteiger partial charge in [-0.2, -0.15) is 0 Å². The molecule has 1 aromatic carbocycles. The molecule has 0 aliphatic heterocycles. The van der Waals surface area contributed by atoms with E-state index in [2.05, 4.69) is 67.5 Å². The molecule has 4 rings (SSSR count). The maximum absolute atomic E-state index is 12.5. The van der Waals surface area contributed by atoms with Crippen molar-refractivity contribution in [1.82, 2.24) is 0 Å². The fourth-order valence-corrected chi connectivity index (χ4v) is 8.72. The van der Waals surface area contributed by atoms with Crippen LogP contribution in [-0.2, 0) is 12.8 Å². The van der Waals surface area contributed by atoms with Gasteiger partial charge in [0, 0.05) is 12.0 Å². The first-order chi connectivity index (χ1) is 16.1. The summed E-state index contributed by atoms with van der Waals surface area (Å²) in [6.45, 7) is 19.8. The summed E-state index contributed by atoms with van der Waals surface area (Å²) in [7, 11) is 0. The number of aryl methyl sites for hydroxylation is 2. The van der Waals surface area contributed by atoms with E-state index in [9.17, 15) is 4.79 Å². The van der Waals surface area contributed by atoms with Gasteiger partial charge in [-0.25, -0.2) is 0 Å². The number of carbonyl (C=O) groups excluding carboxylic acids is 1. The summed E-state index contributed by atoms with van der Waals surface area (Å²) in [4.78, 5) is 12.5. The van der Waals surface area contributed by atoms with Crippen molar-refractivity contribution >= 4 is 5.78 Å². The van der Waals surface area contributed by atoms with E-state index in [-0.39, 0.29) is 0 Å². The van der Waals surface area contributed by atoms with Crippen LogP contribution < -0.4 is 0 Å². The van der Waals surface area contributed by atoms with E-state index in [0.717, 1.165) is 84.0 Å². The van der Waals surface area contributed by atoms with E-state index in [1.165, 1.54) is 48.8 Å². The fraction of sp³-hybridized carbons (Fsp3) is 0.788. The monoisotopic (exact) mass is 464 g/mol. The summed E-state index contributed by atoms with van der Waals surface area (Å²) in [5, 5.41) is 0. The lowest BCUT2D eigenvalue weighted by Gasteiger charge is -2.49. The number of benzene rings is 1. The molecule has 0 radical (unpaired) electrons. The van der Waals surface area contributed by atoms with Crippen LogP contribution >= 0.6 is 0 Å². The predicted octanol–water partition coefficient (Wildman–Crippen LogP) is 8.95. The molecule has 2 fully saturated rings. The van der Waals surface area contributed by atoms with Crippen molar-refractivity contribution in [3.8, 4) is 0 Å². The van der Waals surface area contributed by atoms with Gasteiger partial charge in [0.25, 0.3) is 0 Å². The Hall–Kier alpha value is -1.11. The summed E-state index contributed by atoms with van der Waals surface area (Å²) in [6.07, 6.45) is 9.63. The Balaban J connectivity index is 1.59. The van der Waals surface area contributed by atoms with Gasteiger partial charge < -0.3 is 0 Å². The summed E-state index contributed by atoms with van der Waals surface area (Å²) in [6, 6.07) is 4.80. The van der Waals surface area contributed by atoms with E-state index in [0.29, 0.717) is 5.78 Å². The predicted molar refractivity (Wildman–Crippen MR) is 145 cm³/mol. The van der Waals surface area contributed by atoms with Crippen molar-refractivity contribution in [2.24, 2.45) is 59.2 Å². The minimum Gasteiger partial charge on any atom is -0.294 e. The first-order valence-corrected chi connectivity index (χ1v) is 14.8. The molecule has 2 saturated carbocycles. The van der Waals surface area contributed by atoms with Gasteiger partial charge in [-0.15, -0.1) is 0 Å². The zero-order valence-electron chi connectivity index (χ0n) is 23.5. The summed E-state index contributed by atoms with van der Waals surface area (Å²) < 4.78 is 0. The van der Waals surface area contributed by atoms with E-state index in [1.54, 1.807) is 0 Å². The third-order valence-corrected chi connectivity index (χ3v) is 11.6. The van der Waals surface area contributed by atoms with Gasteiger partial charge in [0.05, 0.1) is 0 Å². The molecule has 190 valence electrons. The number of fused-ring (bicyclic) bond motifs is 1. The van der Waals surface area contributed by atoms with Gasteiger partial charge in [0.2, 0.25) is 0 Å². The number of ketones is 1. The average Bonchev–Trinajstić information content (AvgIpc) is 2.80. The Morgan fingerprint density at radius 1 is 0.794 bits per heavy atom. The number of Topliss-reactive ketones (excluding diaryl/α,β-unsaturated/α-hetero) is 1. The fourth-order valence-electron chi connectivity index (χ4n) is 8.72. The standard InChI is InChI=1S/C33H52O/c1-9-27-17-30(16-26-13-20(3)33-28(15-26)11-10-12-32(33)34)31(25(8)24(27)7)18-29-14-19(2)21(4)22(5)23(29)6/h13,15,19,21-25,27,29-31H,9-12,14,16-18H2,1-8H3. The molecule has 34 heavy (non-hydrogen) atoms. The largest absolute Gasteiger partial charge is 0.294 e. The SMILES string of the molecule is CCC1CC(Cc2cc(C)c3c(c2)CCCC3=O)C(CC2CC(C)C(C)C(C)C2C)C(C)C1C. The molecular weight excluding hydrogens is 412 g/mol. The van der Waals surface area contributed by atoms with Gasteiger partial charge in [-0.05, 0) is 121 Å². The first kappa shape index (κ1) is 26.0. The van der Waals surface area contributed by atoms with E-state index < -0.39 is 0 Å². The number of hydrogen-bond acceptors (Lipinski definition) is 1. The van der Waals surface area contributed by atoms with Crippen molar-refractivity contribution in [1.29, 1.82) is 0 Å². The molecule has 1 aromatic rings. The molecule has 0 spiro atoms. The molecule has 1 nitrogen and oxygen atoms in total. The molecule has 0 saturated heterocycles. The van der Waals surface area contributed by atoms with Crippen LogP contribution in [0.4, 0.5) is 0 Å². The van der Waals surface area contributed by atoms with Crippen LogP contribution in [0.25, 0.3) is 0 Å². The molecule has 0 aromatic heterocycles. The highest BCUT2D eigenvalue weighted by atomic mass is 16.1. The Morgan fingerprint density at radius 3 is 2.21 bits per heavy atom. The lowest BCUT2D eigenvalue weighted by Crippen LogP contribution is -2.42. The Labute approximate surface area is 210 Å².